The van der Waals surface area contributed by atoms with Crippen LogP contribution in [-0.2, 0) is 9.59 Å². The van der Waals surface area contributed by atoms with Gasteiger partial charge in [-0.15, -0.1) is 0 Å². The van der Waals surface area contributed by atoms with Gasteiger partial charge in [0.15, 0.2) is 6.29 Å². The Bertz CT molecular complexity index is 1600. The highest BCUT2D eigenvalue weighted by Crippen LogP contribution is 2.37. The number of aldehydes is 1. The molecule has 3 saturated heterocycles. The van der Waals surface area contributed by atoms with Crippen molar-refractivity contribution in [2.24, 2.45) is 23.5 Å². The first-order chi connectivity index (χ1) is 25.2. The van der Waals surface area contributed by atoms with Crippen LogP contribution >= 0.6 is 0 Å². The average Bonchev–Trinajstić information content (AvgIpc) is 3.86. The van der Waals surface area contributed by atoms with Crippen LogP contribution in [0.4, 0.5) is 0 Å². The first-order valence-corrected chi connectivity index (χ1v) is 17.4. The van der Waals surface area contributed by atoms with Crippen LogP contribution < -0.4 is 11.9 Å². The first kappa shape index (κ1) is 42.4. The number of nitrogens with zero attached hydrogens (tertiary/aromatic N) is 7. The van der Waals surface area contributed by atoms with Crippen molar-refractivity contribution in [3.05, 3.63) is 120 Å². The van der Waals surface area contributed by atoms with Gasteiger partial charge in [0.25, 0.3) is 0 Å². The smallest absolute Gasteiger partial charge is 0.309 e. The van der Waals surface area contributed by atoms with Crippen LogP contribution in [0.2, 0.25) is 0 Å². The second kappa shape index (κ2) is 21.5. The van der Waals surface area contributed by atoms with E-state index in [1.165, 1.54) is 28.6 Å². The van der Waals surface area contributed by atoms with E-state index in [2.05, 4.69) is 56.0 Å². The Hall–Kier alpha value is -4.99. The van der Waals surface area contributed by atoms with Crippen LogP contribution in [0, 0.1) is 17.8 Å². The lowest BCUT2D eigenvalue weighted by atomic mass is 9.95. The molecule has 53 heavy (non-hydrogen) atoms. The predicted molar refractivity (Wildman–Crippen MR) is 202 cm³/mol. The van der Waals surface area contributed by atoms with Gasteiger partial charge in [-0.2, -0.15) is 0 Å². The second-order valence-corrected chi connectivity index (χ2v) is 13.2. The summed E-state index contributed by atoms with van der Waals surface area (Å²) in [6.45, 7) is 3.24. The molecule has 0 saturated carbocycles. The summed E-state index contributed by atoms with van der Waals surface area (Å²) in [5, 5.41) is 18.3. The van der Waals surface area contributed by atoms with Crippen molar-refractivity contribution >= 4 is 18.2 Å². The molecular weight excluding hydrogens is 674 g/mol. The van der Waals surface area contributed by atoms with Crippen molar-refractivity contribution in [2.75, 3.05) is 47.4 Å². The molecule has 0 aliphatic carbocycles. The van der Waals surface area contributed by atoms with E-state index in [9.17, 15) is 19.5 Å². The van der Waals surface area contributed by atoms with E-state index in [4.69, 9.17) is 10.8 Å². The number of carbonyl (C=O) groups excluding carboxylic acids is 2. The van der Waals surface area contributed by atoms with E-state index in [0.717, 1.165) is 37.9 Å². The summed E-state index contributed by atoms with van der Waals surface area (Å²) in [5.74, 6) is -0.803. The number of carboxylic acid groups (broad SMARTS) is 1. The molecular formula is C39H53N9O5. The quantitative estimate of drug-likeness (QED) is 0.200. The summed E-state index contributed by atoms with van der Waals surface area (Å²) in [7, 11) is 5.89. The number of hydrogen-bond acceptors (Lipinski definition) is 12. The zero-order valence-electron chi connectivity index (χ0n) is 30.8. The first-order valence-electron chi connectivity index (χ1n) is 17.4. The van der Waals surface area contributed by atoms with E-state index >= 15 is 0 Å². The number of likely N-dealkylation sites (tertiary alicyclic amines) is 3. The molecule has 7 rings (SSSR count). The Morgan fingerprint density at radius 3 is 1.60 bits per heavy atom. The Balaban J connectivity index is 0.000000193. The molecule has 7 heterocycles. The zero-order chi connectivity index (χ0) is 37.5. The molecule has 0 radical (unpaired) electrons. The molecule has 3 aliphatic rings. The Labute approximate surface area is 311 Å². The van der Waals surface area contributed by atoms with Gasteiger partial charge in [-0.25, -0.2) is 0 Å². The van der Waals surface area contributed by atoms with Crippen molar-refractivity contribution in [3.63, 3.8) is 0 Å². The summed E-state index contributed by atoms with van der Waals surface area (Å²) in [6.07, 6.45) is 16.9. The Morgan fingerprint density at radius 2 is 1.23 bits per heavy atom. The van der Waals surface area contributed by atoms with Gasteiger partial charge in [0.05, 0.1) is 12.0 Å². The molecule has 1 amide bonds. The van der Waals surface area contributed by atoms with Crippen molar-refractivity contribution in [2.45, 2.75) is 37.4 Å². The molecule has 3 fully saturated rings. The number of pyridine rings is 4. The van der Waals surface area contributed by atoms with Crippen LogP contribution in [0.15, 0.2) is 98.1 Å². The highest BCUT2D eigenvalue weighted by Gasteiger charge is 2.42. The highest BCUT2D eigenvalue weighted by molar-refractivity contribution is 5.87. The lowest BCUT2D eigenvalue weighted by molar-refractivity contribution is -0.142. The number of carboxylic acids is 1. The molecule has 7 N–H and O–H groups in total. The second-order valence-electron chi connectivity index (χ2n) is 13.2. The topological polar surface area (TPSA) is 214 Å². The van der Waals surface area contributed by atoms with Crippen LogP contribution in [0.25, 0.3) is 0 Å². The third-order valence-corrected chi connectivity index (χ3v) is 9.89. The van der Waals surface area contributed by atoms with Crippen LogP contribution in [0.1, 0.15) is 64.4 Å². The highest BCUT2D eigenvalue weighted by atomic mass is 16.4. The van der Waals surface area contributed by atoms with Gasteiger partial charge in [-0.05, 0) is 99.5 Å². The molecule has 4 aromatic heterocycles. The number of aliphatic hydroxyl groups is 1. The summed E-state index contributed by atoms with van der Waals surface area (Å²) in [6, 6.07) is 15.5. The molecule has 0 bridgehead atoms. The third-order valence-electron chi connectivity index (χ3n) is 9.89. The van der Waals surface area contributed by atoms with Gasteiger partial charge >= 0.3 is 5.97 Å². The standard InChI is InChI=1S/C11H17N3.C11H12N2O3.C11H16N2O.C6H5NO.H3N/c1-14-6-4-9(7-12)11(14)10-3-2-5-13-8-10;1-13-9(14)5-8(11(15)16)10(13)7-3-2-4-12-6-7;1-13-6-4-10(8-14)11(13)9-3-2-5-12-7-9;8-5-6-2-1-3-7-4-6;/h2-3,5,8-9,11H,4,6-7,12H2,1H3;2-4,6,8,10H,5H2,1H3,(H,15,16);2-3,5,7,10-11,14H,4,6,8H2,1H3;1-5H;1H3/t9-,11?;8-,10?;10-,11?;;/m101../s1. The average molecular weight is 728 g/mol. The molecule has 14 heteroatoms. The van der Waals surface area contributed by atoms with Crippen LogP contribution in [0.3, 0.4) is 0 Å². The normalized spacial score (nSPS) is 23.6. The minimum absolute atomic E-state index is 0. The molecule has 284 valence electrons. The minimum Gasteiger partial charge on any atom is -0.481 e. The fourth-order valence-corrected chi connectivity index (χ4v) is 7.19. The minimum atomic E-state index is -0.938. The SMILES string of the molecule is CN1C(=O)C[C@H](C(=O)O)C1c1cccnc1.CN1CC[C@H](CN)C1c1cccnc1.CN1CC[C@H](CO)C1c1cccnc1.N.O=Cc1cccnc1. The number of rotatable bonds is 7. The third kappa shape index (κ3) is 11.5. The van der Waals surface area contributed by atoms with Crippen molar-refractivity contribution in [1.82, 2.24) is 40.8 Å². The van der Waals surface area contributed by atoms with Gasteiger partial charge in [-0.3, -0.25) is 44.1 Å². The van der Waals surface area contributed by atoms with Gasteiger partial charge in [0, 0.05) is 93.2 Å². The van der Waals surface area contributed by atoms with E-state index in [1.807, 2.05) is 30.7 Å². The van der Waals surface area contributed by atoms with Crippen LogP contribution in [-0.4, -0.2) is 110 Å². The fraction of sp³-hybridized carbons (Fsp3) is 0.410. The van der Waals surface area contributed by atoms with Crippen molar-refractivity contribution in [3.8, 4) is 0 Å². The van der Waals surface area contributed by atoms with Gasteiger partial charge in [0.1, 0.15) is 0 Å². The summed E-state index contributed by atoms with van der Waals surface area (Å²) < 4.78 is 0. The fourth-order valence-electron chi connectivity index (χ4n) is 7.19. The monoisotopic (exact) mass is 727 g/mol. The number of carbonyl (C=O) groups is 3. The van der Waals surface area contributed by atoms with E-state index in [-0.39, 0.29) is 25.1 Å². The number of aliphatic hydroxyl groups excluding tert-OH is 1. The Kier molecular flexibility index (Phi) is 17.2. The Morgan fingerprint density at radius 1 is 0.774 bits per heavy atom. The molecule has 14 nitrogen and oxygen atoms in total. The van der Waals surface area contributed by atoms with Gasteiger partial charge in [-0.1, -0.05) is 18.2 Å². The zero-order valence-corrected chi connectivity index (χ0v) is 30.8. The molecule has 3 unspecified atom stereocenters. The molecule has 3 aliphatic heterocycles. The number of amides is 1. The lowest BCUT2D eigenvalue weighted by Gasteiger charge is -2.24. The van der Waals surface area contributed by atoms with Gasteiger partial charge < -0.3 is 27.0 Å². The predicted octanol–water partition coefficient (Wildman–Crippen LogP) is 3.84. The maximum absolute atomic E-state index is 11.5. The number of aromatic nitrogens is 4. The number of aliphatic carboxylic acids is 1. The van der Waals surface area contributed by atoms with Crippen molar-refractivity contribution in [1.29, 1.82) is 0 Å². The van der Waals surface area contributed by atoms with E-state index < -0.39 is 17.9 Å². The van der Waals surface area contributed by atoms with Gasteiger partial charge in [0.2, 0.25) is 5.91 Å². The van der Waals surface area contributed by atoms with Crippen molar-refractivity contribution < 1.29 is 24.6 Å². The lowest BCUT2D eigenvalue weighted by Crippen LogP contribution is -2.26. The summed E-state index contributed by atoms with van der Waals surface area (Å²) in [4.78, 5) is 54.7. The van der Waals surface area contributed by atoms with Crippen LogP contribution in [0.5, 0.6) is 0 Å². The molecule has 0 spiro atoms. The maximum Gasteiger partial charge on any atom is 0.309 e. The molecule has 4 aromatic rings. The molecule has 0 aromatic carbocycles. The van der Waals surface area contributed by atoms with E-state index in [1.54, 1.807) is 56.1 Å². The summed E-state index contributed by atoms with van der Waals surface area (Å²) in [5.41, 5.74) is 9.67. The van der Waals surface area contributed by atoms with E-state index in [0.29, 0.717) is 29.5 Å². The number of hydrogen-bond donors (Lipinski definition) is 4. The largest absolute Gasteiger partial charge is 0.481 e. The summed E-state index contributed by atoms with van der Waals surface area (Å²) >= 11 is 0. The number of nitrogens with two attached hydrogens (primary N) is 1. The maximum atomic E-state index is 11.5. The molecule has 6 atom stereocenters.